The molecule has 1 aromatic carbocycles. The molecule has 13 nitrogen and oxygen atoms in total. The molecule has 13 heteroatoms. The number of amides is 1. The van der Waals surface area contributed by atoms with Gasteiger partial charge in [0.05, 0.1) is 17.5 Å². The van der Waals surface area contributed by atoms with Gasteiger partial charge in [-0.2, -0.15) is 0 Å². The number of nitrogens with two attached hydrogens (primary N) is 1. The molecule has 0 bridgehead atoms. The van der Waals surface area contributed by atoms with Crippen LogP contribution in [0, 0.1) is 5.92 Å². The van der Waals surface area contributed by atoms with Crippen molar-refractivity contribution in [1.82, 2.24) is 24.8 Å². The minimum Gasteiger partial charge on any atom is -0.504 e. The summed E-state index contributed by atoms with van der Waals surface area (Å²) in [5.41, 5.74) is 6.31. The highest BCUT2D eigenvalue weighted by Gasteiger charge is 2.43. The number of aliphatic hydroxyl groups excluding tert-OH is 2. The molecule has 1 saturated carbocycles. The highest BCUT2D eigenvalue weighted by molar-refractivity contribution is 6.04. The first-order chi connectivity index (χ1) is 18.8. The third-order valence-corrected chi connectivity index (χ3v) is 7.28. The molecule has 39 heavy (non-hydrogen) atoms. The largest absolute Gasteiger partial charge is 0.504 e. The van der Waals surface area contributed by atoms with E-state index in [-0.39, 0.29) is 35.2 Å². The smallest absolute Gasteiger partial charge is 0.255 e. The van der Waals surface area contributed by atoms with Crippen molar-refractivity contribution in [3.05, 3.63) is 48.1 Å². The number of hydrogen-bond donors (Lipinski definition) is 6. The number of anilines is 1. The van der Waals surface area contributed by atoms with E-state index in [2.05, 4.69) is 20.3 Å². The lowest BCUT2D eigenvalue weighted by atomic mass is 9.83. The van der Waals surface area contributed by atoms with Gasteiger partial charge in [0.1, 0.15) is 30.2 Å². The number of benzene rings is 1. The number of nitrogen functional groups attached to an aromatic ring is 1. The van der Waals surface area contributed by atoms with Crippen LogP contribution in [-0.2, 0) is 4.74 Å². The molecule has 0 radical (unpaired) electrons. The monoisotopic (exact) mass is 538 g/mol. The van der Waals surface area contributed by atoms with Crippen molar-refractivity contribution < 1.29 is 34.8 Å². The second-order valence-electron chi connectivity index (χ2n) is 9.75. The predicted molar refractivity (Wildman–Crippen MR) is 138 cm³/mol. The van der Waals surface area contributed by atoms with Gasteiger partial charge in [0.2, 0.25) is 0 Å². The molecule has 4 unspecified atom stereocenters. The topological polar surface area (TPSA) is 206 Å². The number of ketones is 1. The van der Waals surface area contributed by atoms with Crippen molar-refractivity contribution >= 4 is 28.7 Å². The van der Waals surface area contributed by atoms with Crippen LogP contribution in [0.4, 0.5) is 5.82 Å². The van der Waals surface area contributed by atoms with Crippen molar-refractivity contribution in [3.63, 3.8) is 0 Å². The molecule has 0 spiro atoms. The Morgan fingerprint density at radius 3 is 2.54 bits per heavy atom. The molecule has 5 rings (SSSR count). The Morgan fingerprint density at radius 2 is 1.77 bits per heavy atom. The zero-order chi connectivity index (χ0) is 27.7. The van der Waals surface area contributed by atoms with Crippen molar-refractivity contribution in [2.24, 2.45) is 5.92 Å². The van der Waals surface area contributed by atoms with Gasteiger partial charge in [0.25, 0.3) is 5.91 Å². The fourth-order valence-corrected chi connectivity index (χ4v) is 5.13. The summed E-state index contributed by atoms with van der Waals surface area (Å²) in [5, 5.41) is 44.4. The summed E-state index contributed by atoms with van der Waals surface area (Å²) >= 11 is 0. The van der Waals surface area contributed by atoms with Crippen LogP contribution in [0.15, 0.2) is 36.9 Å². The number of aliphatic hydroxyl groups is 2. The number of phenols is 2. The number of imidazole rings is 1. The van der Waals surface area contributed by atoms with Gasteiger partial charge in [-0.15, -0.1) is 0 Å². The summed E-state index contributed by atoms with van der Waals surface area (Å²) in [4.78, 5) is 37.5. The van der Waals surface area contributed by atoms with E-state index in [4.69, 9.17) is 10.5 Å². The average Bonchev–Trinajstić information content (AvgIpc) is 3.49. The molecule has 2 aromatic heterocycles. The standard InChI is InChI=1S/C26H30N6O7/c27-23-17-24(30-11-29-23)32(12-31-17)26-22(37)21(36)16(39-26)7-4-10-28-25(38)15-9-8-14(19(34)20(15)35)18(33)13-5-2-1-3-6-13/h4,7-9,11-13,16,21-22,26,34-37H,1-3,5-6,10H2,(H,28,38)(H2,27,29,30). The zero-order valence-electron chi connectivity index (χ0n) is 21.0. The van der Waals surface area contributed by atoms with Crippen LogP contribution in [0.2, 0.25) is 0 Å². The number of phenolic OH excluding ortho intramolecular Hbond substituents is 2. The molecular formula is C26H30N6O7. The lowest BCUT2D eigenvalue weighted by Crippen LogP contribution is -2.31. The van der Waals surface area contributed by atoms with E-state index < -0.39 is 41.9 Å². The number of carbonyl (C=O) groups excluding carboxylic acids is 2. The van der Waals surface area contributed by atoms with Crippen LogP contribution >= 0.6 is 0 Å². The summed E-state index contributed by atoms with van der Waals surface area (Å²) in [6.45, 7) is -0.00705. The van der Waals surface area contributed by atoms with Crippen LogP contribution in [-0.4, -0.2) is 76.5 Å². The van der Waals surface area contributed by atoms with Gasteiger partial charge in [0.15, 0.2) is 35.0 Å². The average molecular weight is 539 g/mol. The van der Waals surface area contributed by atoms with Crippen molar-refractivity contribution in [3.8, 4) is 11.5 Å². The van der Waals surface area contributed by atoms with Crippen LogP contribution in [0.3, 0.4) is 0 Å². The molecule has 2 aliphatic rings. The Balaban J connectivity index is 1.20. The summed E-state index contributed by atoms with van der Waals surface area (Å²) in [5.74, 6) is -2.18. The molecule has 1 aliphatic heterocycles. The van der Waals surface area contributed by atoms with Crippen LogP contribution in [0.25, 0.3) is 11.2 Å². The molecule has 2 fully saturated rings. The molecule has 1 amide bonds. The molecule has 7 N–H and O–H groups in total. The van der Waals surface area contributed by atoms with Crippen LogP contribution < -0.4 is 11.1 Å². The molecular weight excluding hydrogens is 508 g/mol. The van der Waals surface area contributed by atoms with Crippen molar-refractivity contribution in [2.45, 2.75) is 56.6 Å². The minimum absolute atomic E-state index is 0.00705. The van der Waals surface area contributed by atoms with E-state index in [1.165, 1.54) is 41.5 Å². The number of aromatic hydroxyl groups is 2. The van der Waals surface area contributed by atoms with Crippen molar-refractivity contribution in [1.29, 1.82) is 0 Å². The molecule has 1 aliphatic carbocycles. The van der Waals surface area contributed by atoms with E-state index in [0.29, 0.717) is 11.2 Å². The Labute approximate surface area is 223 Å². The Morgan fingerprint density at radius 1 is 1.05 bits per heavy atom. The second kappa shape index (κ2) is 11.0. The highest BCUT2D eigenvalue weighted by atomic mass is 16.6. The van der Waals surface area contributed by atoms with Crippen LogP contribution in [0.1, 0.15) is 59.0 Å². The fourth-order valence-electron chi connectivity index (χ4n) is 5.13. The highest BCUT2D eigenvalue weighted by Crippen LogP contribution is 2.37. The van der Waals surface area contributed by atoms with Gasteiger partial charge in [0, 0.05) is 12.5 Å². The molecule has 206 valence electrons. The Bertz CT molecular complexity index is 1420. The van der Waals surface area contributed by atoms with Gasteiger partial charge in [-0.3, -0.25) is 14.2 Å². The minimum atomic E-state index is -1.29. The van der Waals surface area contributed by atoms with Crippen LogP contribution in [0.5, 0.6) is 11.5 Å². The number of Topliss-reactive ketones (excluding diaryl/α,β-unsaturated/α-hetero) is 1. The number of rotatable bonds is 7. The summed E-state index contributed by atoms with van der Waals surface area (Å²) in [6, 6.07) is 2.67. The Hall–Kier alpha value is -4.07. The summed E-state index contributed by atoms with van der Waals surface area (Å²) < 4.78 is 7.26. The van der Waals surface area contributed by atoms with Crippen molar-refractivity contribution in [2.75, 3.05) is 12.3 Å². The third kappa shape index (κ3) is 5.03. The van der Waals surface area contributed by atoms with Gasteiger partial charge in [-0.1, -0.05) is 31.4 Å². The zero-order valence-corrected chi connectivity index (χ0v) is 21.0. The normalized spacial score (nSPS) is 23.9. The second-order valence-corrected chi connectivity index (χ2v) is 9.75. The Kier molecular flexibility index (Phi) is 7.46. The summed E-state index contributed by atoms with van der Waals surface area (Å²) in [7, 11) is 0. The number of hydrogen-bond acceptors (Lipinski definition) is 11. The molecule has 3 aromatic rings. The van der Waals surface area contributed by atoms with Gasteiger partial charge in [-0.25, -0.2) is 15.0 Å². The lowest BCUT2D eigenvalue weighted by Gasteiger charge is -2.21. The number of nitrogens with zero attached hydrogens (tertiary/aromatic N) is 4. The summed E-state index contributed by atoms with van der Waals surface area (Å²) in [6.07, 6.45) is 5.66. The SMILES string of the molecule is Nc1ncnc2c1ncn2C1OC(C=CCNC(=O)c2ccc(C(=O)C3CCCCC3)c(O)c2O)C(O)C1O. The van der Waals surface area contributed by atoms with E-state index in [0.717, 1.165) is 32.1 Å². The van der Waals surface area contributed by atoms with E-state index in [9.17, 15) is 30.0 Å². The van der Waals surface area contributed by atoms with Gasteiger partial charge >= 0.3 is 0 Å². The lowest BCUT2D eigenvalue weighted by molar-refractivity contribution is -0.0245. The molecule has 1 saturated heterocycles. The van der Waals surface area contributed by atoms with E-state index in [1.54, 1.807) is 0 Å². The predicted octanol–water partition coefficient (Wildman–Crippen LogP) is 1.19. The van der Waals surface area contributed by atoms with E-state index >= 15 is 0 Å². The van der Waals surface area contributed by atoms with Gasteiger partial charge < -0.3 is 36.2 Å². The maximum Gasteiger partial charge on any atom is 0.255 e. The molecule has 4 atom stereocenters. The maximum absolute atomic E-state index is 12.8. The van der Waals surface area contributed by atoms with E-state index in [1.807, 2.05) is 0 Å². The fraction of sp³-hybridized carbons (Fsp3) is 0.423. The number of fused-ring (bicyclic) bond motifs is 1. The quantitative estimate of drug-likeness (QED) is 0.143. The third-order valence-electron chi connectivity index (χ3n) is 7.28. The number of nitrogens with one attached hydrogen (secondary N) is 1. The maximum atomic E-state index is 12.8. The van der Waals surface area contributed by atoms with Gasteiger partial charge in [-0.05, 0) is 25.0 Å². The first kappa shape index (κ1) is 26.5. The number of aromatic nitrogens is 4. The first-order valence-electron chi connectivity index (χ1n) is 12.8. The number of ether oxygens (including phenoxy) is 1. The first-order valence-corrected chi connectivity index (χ1v) is 12.8. The molecule has 3 heterocycles. The number of carbonyl (C=O) groups is 2.